The van der Waals surface area contributed by atoms with Crippen LogP contribution in [-0.4, -0.2) is 35.5 Å². The highest BCUT2D eigenvalue weighted by Gasteiger charge is 2.25. The Morgan fingerprint density at radius 2 is 1.88 bits per heavy atom. The van der Waals surface area contributed by atoms with E-state index in [-0.39, 0.29) is 11.8 Å². The van der Waals surface area contributed by atoms with Crippen molar-refractivity contribution in [3.63, 3.8) is 0 Å². The zero-order chi connectivity index (χ0) is 12.8. The molecule has 96 valence electrons. The molecule has 1 aliphatic carbocycles. The van der Waals surface area contributed by atoms with Crippen LogP contribution in [0.2, 0.25) is 0 Å². The van der Waals surface area contributed by atoms with Gasteiger partial charge in [0, 0.05) is 5.92 Å². The minimum Gasteiger partial charge on any atom is -0.480 e. The first kappa shape index (κ1) is 13.5. The van der Waals surface area contributed by atoms with Crippen LogP contribution in [0.5, 0.6) is 0 Å². The Bertz CT molecular complexity index is 311. The summed E-state index contributed by atoms with van der Waals surface area (Å²) in [4.78, 5) is 33.4. The van der Waals surface area contributed by atoms with E-state index in [4.69, 9.17) is 5.11 Å². The van der Waals surface area contributed by atoms with E-state index >= 15 is 0 Å². The van der Waals surface area contributed by atoms with E-state index in [1.54, 1.807) is 6.92 Å². The van der Waals surface area contributed by atoms with Crippen molar-refractivity contribution in [2.24, 2.45) is 5.92 Å². The van der Waals surface area contributed by atoms with E-state index in [0.29, 0.717) is 0 Å². The molecule has 1 unspecified atom stereocenters. The highest BCUT2D eigenvalue weighted by molar-refractivity contribution is 5.89. The summed E-state index contributed by atoms with van der Waals surface area (Å²) in [5, 5.41) is 13.2. The van der Waals surface area contributed by atoms with Crippen LogP contribution < -0.4 is 10.6 Å². The minimum atomic E-state index is -1.10. The number of carboxylic acid groups (broad SMARTS) is 1. The maximum atomic E-state index is 11.7. The Morgan fingerprint density at radius 3 is 2.41 bits per heavy atom. The molecule has 0 aromatic carbocycles. The summed E-state index contributed by atoms with van der Waals surface area (Å²) in [6.07, 6.45) is 3.85. The molecule has 0 aromatic heterocycles. The summed E-state index contributed by atoms with van der Waals surface area (Å²) in [5.74, 6) is -1.68. The Hall–Kier alpha value is -1.59. The van der Waals surface area contributed by atoms with E-state index in [2.05, 4.69) is 10.6 Å². The second kappa shape index (κ2) is 6.22. The molecule has 1 aliphatic rings. The summed E-state index contributed by atoms with van der Waals surface area (Å²) in [7, 11) is 0. The number of carbonyl (C=O) groups is 3. The second-order valence-electron chi connectivity index (χ2n) is 4.32. The number of rotatable bonds is 5. The van der Waals surface area contributed by atoms with E-state index in [9.17, 15) is 14.4 Å². The fraction of sp³-hybridized carbons (Fsp3) is 0.727. The van der Waals surface area contributed by atoms with Gasteiger partial charge < -0.3 is 15.7 Å². The Labute approximate surface area is 99.8 Å². The zero-order valence-electron chi connectivity index (χ0n) is 9.86. The third-order valence-corrected chi connectivity index (χ3v) is 2.89. The standard InChI is InChI=1S/C11H18N2O4/c1-7(10(16)12-6-9(14)15)13-11(17)8-4-2-3-5-8/h7-8H,2-6H2,1H3,(H,12,16)(H,13,17)(H,14,15). The number of carbonyl (C=O) groups excluding carboxylic acids is 2. The first-order chi connectivity index (χ1) is 8.00. The molecular weight excluding hydrogens is 224 g/mol. The molecule has 1 rings (SSSR count). The van der Waals surface area contributed by atoms with Crippen molar-refractivity contribution in [2.45, 2.75) is 38.6 Å². The number of carboxylic acids is 1. The summed E-state index contributed by atoms with van der Waals surface area (Å²) in [6, 6.07) is -0.692. The van der Waals surface area contributed by atoms with Gasteiger partial charge in [-0.3, -0.25) is 14.4 Å². The van der Waals surface area contributed by atoms with Crippen molar-refractivity contribution < 1.29 is 19.5 Å². The van der Waals surface area contributed by atoms with Crippen molar-refractivity contribution in [3.05, 3.63) is 0 Å². The lowest BCUT2D eigenvalue weighted by molar-refractivity contribution is -0.138. The van der Waals surface area contributed by atoms with Gasteiger partial charge in [-0.2, -0.15) is 0 Å². The third kappa shape index (κ3) is 4.42. The van der Waals surface area contributed by atoms with Gasteiger partial charge in [0.05, 0.1) is 0 Å². The molecule has 0 saturated heterocycles. The van der Waals surface area contributed by atoms with Gasteiger partial charge in [-0.05, 0) is 19.8 Å². The second-order valence-corrected chi connectivity index (χ2v) is 4.32. The average Bonchev–Trinajstić information content (AvgIpc) is 2.78. The molecule has 0 aliphatic heterocycles. The highest BCUT2D eigenvalue weighted by atomic mass is 16.4. The third-order valence-electron chi connectivity index (χ3n) is 2.89. The molecule has 1 saturated carbocycles. The SMILES string of the molecule is CC(NC(=O)C1CCCC1)C(=O)NCC(=O)O. The largest absolute Gasteiger partial charge is 0.480 e. The predicted octanol–water partition coefficient (Wildman–Crippen LogP) is -0.118. The van der Waals surface area contributed by atoms with E-state index < -0.39 is 24.5 Å². The molecule has 0 aromatic rings. The Morgan fingerprint density at radius 1 is 1.29 bits per heavy atom. The molecule has 6 nitrogen and oxygen atoms in total. The van der Waals surface area contributed by atoms with Crippen molar-refractivity contribution in [1.29, 1.82) is 0 Å². The Balaban J connectivity index is 2.31. The van der Waals surface area contributed by atoms with Crippen molar-refractivity contribution in [3.8, 4) is 0 Å². The van der Waals surface area contributed by atoms with Crippen LogP contribution >= 0.6 is 0 Å². The quantitative estimate of drug-likeness (QED) is 0.626. The van der Waals surface area contributed by atoms with Crippen LogP contribution in [-0.2, 0) is 14.4 Å². The minimum absolute atomic E-state index is 0.00437. The molecule has 0 heterocycles. The van der Waals surface area contributed by atoms with Crippen LogP contribution in [0, 0.1) is 5.92 Å². The van der Waals surface area contributed by atoms with Crippen molar-refractivity contribution in [2.75, 3.05) is 6.54 Å². The summed E-state index contributed by atoms with van der Waals surface area (Å²) >= 11 is 0. The maximum absolute atomic E-state index is 11.7. The molecule has 17 heavy (non-hydrogen) atoms. The van der Waals surface area contributed by atoms with E-state index in [1.807, 2.05) is 0 Å². The lowest BCUT2D eigenvalue weighted by Crippen LogP contribution is -2.47. The molecule has 1 fully saturated rings. The van der Waals surface area contributed by atoms with Gasteiger partial charge in [0.1, 0.15) is 12.6 Å². The highest BCUT2D eigenvalue weighted by Crippen LogP contribution is 2.24. The van der Waals surface area contributed by atoms with Crippen LogP contribution in [0.15, 0.2) is 0 Å². The zero-order valence-corrected chi connectivity index (χ0v) is 9.86. The number of hydrogen-bond donors (Lipinski definition) is 3. The van der Waals surface area contributed by atoms with Gasteiger partial charge in [0.15, 0.2) is 0 Å². The molecule has 0 bridgehead atoms. The van der Waals surface area contributed by atoms with Gasteiger partial charge in [0.2, 0.25) is 11.8 Å². The van der Waals surface area contributed by atoms with Crippen molar-refractivity contribution in [1.82, 2.24) is 10.6 Å². The van der Waals surface area contributed by atoms with Crippen molar-refractivity contribution >= 4 is 17.8 Å². The normalized spacial score (nSPS) is 17.5. The monoisotopic (exact) mass is 242 g/mol. The molecule has 3 N–H and O–H groups in total. The molecule has 0 radical (unpaired) electrons. The van der Waals surface area contributed by atoms with Gasteiger partial charge in [-0.25, -0.2) is 0 Å². The number of nitrogens with one attached hydrogen (secondary N) is 2. The van der Waals surface area contributed by atoms with Gasteiger partial charge in [-0.1, -0.05) is 12.8 Å². The lowest BCUT2D eigenvalue weighted by Gasteiger charge is -2.16. The number of amides is 2. The number of hydrogen-bond acceptors (Lipinski definition) is 3. The Kier molecular flexibility index (Phi) is 4.93. The number of aliphatic carboxylic acids is 1. The molecule has 6 heteroatoms. The van der Waals surface area contributed by atoms with Gasteiger partial charge in [0.25, 0.3) is 0 Å². The summed E-state index contributed by atoms with van der Waals surface area (Å²) in [5.41, 5.74) is 0. The predicted molar refractivity (Wildman–Crippen MR) is 60.2 cm³/mol. The van der Waals surface area contributed by atoms with E-state index in [1.165, 1.54) is 0 Å². The van der Waals surface area contributed by atoms with Crippen LogP contribution in [0.25, 0.3) is 0 Å². The smallest absolute Gasteiger partial charge is 0.322 e. The van der Waals surface area contributed by atoms with Crippen LogP contribution in [0.1, 0.15) is 32.6 Å². The lowest BCUT2D eigenvalue weighted by atomic mass is 10.1. The van der Waals surface area contributed by atoms with Crippen LogP contribution in [0.3, 0.4) is 0 Å². The molecule has 2 amide bonds. The fourth-order valence-electron chi connectivity index (χ4n) is 1.90. The van der Waals surface area contributed by atoms with Gasteiger partial charge in [-0.15, -0.1) is 0 Å². The molecule has 0 spiro atoms. The first-order valence-electron chi connectivity index (χ1n) is 5.80. The van der Waals surface area contributed by atoms with Crippen LogP contribution in [0.4, 0.5) is 0 Å². The maximum Gasteiger partial charge on any atom is 0.322 e. The summed E-state index contributed by atoms with van der Waals surface area (Å²) in [6.45, 7) is 1.12. The van der Waals surface area contributed by atoms with E-state index in [0.717, 1.165) is 25.7 Å². The van der Waals surface area contributed by atoms with Gasteiger partial charge >= 0.3 is 5.97 Å². The molecule has 1 atom stereocenters. The molecular formula is C11H18N2O4. The average molecular weight is 242 g/mol. The topological polar surface area (TPSA) is 95.5 Å². The summed E-state index contributed by atoms with van der Waals surface area (Å²) < 4.78 is 0. The first-order valence-corrected chi connectivity index (χ1v) is 5.80. The fourth-order valence-corrected chi connectivity index (χ4v) is 1.90.